The zero-order valence-electron chi connectivity index (χ0n) is 19.8. The van der Waals surface area contributed by atoms with Crippen LogP contribution in [0.3, 0.4) is 0 Å². The number of benzene rings is 2. The van der Waals surface area contributed by atoms with Gasteiger partial charge >= 0.3 is 0 Å². The van der Waals surface area contributed by atoms with Gasteiger partial charge in [0, 0.05) is 37.0 Å². The molecule has 5 rings (SSSR count). The van der Waals surface area contributed by atoms with E-state index in [-0.39, 0.29) is 10.8 Å². The van der Waals surface area contributed by atoms with Crippen molar-refractivity contribution in [3.05, 3.63) is 71.3 Å². The Balaban J connectivity index is 1.59. The molecule has 1 amide bonds. The predicted molar refractivity (Wildman–Crippen MR) is 147 cm³/mol. The molecule has 3 aromatic rings. The Labute approximate surface area is 220 Å². The van der Waals surface area contributed by atoms with E-state index in [2.05, 4.69) is 0 Å². The van der Waals surface area contributed by atoms with E-state index in [1.807, 2.05) is 49.5 Å². The van der Waals surface area contributed by atoms with Gasteiger partial charge in [-0.3, -0.25) is 9.69 Å². The Kier molecular flexibility index (Phi) is 7.11. The fourth-order valence-corrected chi connectivity index (χ4v) is 7.23. The molecule has 2 saturated heterocycles. The summed E-state index contributed by atoms with van der Waals surface area (Å²) in [4.78, 5) is 15.4. The summed E-state index contributed by atoms with van der Waals surface area (Å²) >= 11 is 6.71. The van der Waals surface area contributed by atoms with Gasteiger partial charge in [0.15, 0.2) is 0 Å². The quantitative estimate of drug-likeness (QED) is 0.314. The van der Waals surface area contributed by atoms with Crippen molar-refractivity contribution in [2.24, 2.45) is 0 Å². The van der Waals surface area contributed by atoms with E-state index in [0.717, 1.165) is 24.9 Å². The molecule has 0 spiro atoms. The van der Waals surface area contributed by atoms with Crippen molar-refractivity contribution >= 4 is 50.3 Å². The summed E-state index contributed by atoms with van der Waals surface area (Å²) in [6.07, 6.45) is 6.23. The molecule has 2 aliphatic heterocycles. The number of thiocarbonyl (C=S) groups is 1. The van der Waals surface area contributed by atoms with Gasteiger partial charge in [-0.25, -0.2) is 13.1 Å². The van der Waals surface area contributed by atoms with Gasteiger partial charge in [-0.1, -0.05) is 61.2 Å². The average molecular weight is 539 g/mol. The van der Waals surface area contributed by atoms with Crippen LogP contribution in [0.4, 0.5) is 0 Å². The van der Waals surface area contributed by atoms with Crippen molar-refractivity contribution in [3.63, 3.8) is 0 Å². The minimum atomic E-state index is -3.58. The van der Waals surface area contributed by atoms with E-state index in [1.54, 1.807) is 33.9 Å². The molecule has 0 unspecified atom stereocenters. The second-order valence-electron chi connectivity index (χ2n) is 8.69. The van der Waals surface area contributed by atoms with Gasteiger partial charge < -0.3 is 0 Å². The lowest BCUT2D eigenvalue weighted by Gasteiger charge is -2.16. The first-order valence-corrected chi connectivity index (χ1v) is 14.6. The highest BCUT2D eigenvalue weighted by Gasteiger charge is 2.32. The third-order valence-electron chi connectivity index (χ3n) is 6.18. The average Bonchev–Trinajstić information content (AvgIpc) is 3.63. The van der Waals surface area contributed by atoms with E-state index in [9.17, 15) is 13.2 Å². The lowest BCUT2D eigenvalue weighted by atomic mass is 10.1. The summed E-state index contributed by atoms with van der Waals surface area (Å²) in [5.41, 5.74) is 2.84. The molecule has 3 heterocycles. The van der Waals surface area contributed by atoms with E-state index >= 15 is 0 Å². The molecule has 2 aromatic carbocycles. The molecule has 10 heteroatoms. The molecule has 2 aliphatic rings. The van der Waals surface area contributed by atoms with Crippen molar-refractivity contribution in [1.29, 1.82) is 0 Å². The number of carbonyl (C=O) groups is 1. The molecule has 186 valence electrons. The Bertz CT molecular complexity index is 1440. The number of hydrogen-bond donors (Lipinski definition) is 0. The minimum absolute atomic E-state index is 0.115. The number of rotatable bonds is 7. The van der Waals surface area contributed by atoms with Gasteiger partial charge in [0.1, 0.15) is 10.0 Å². The SMILES string of the molecule is CCCN1C(=O)/C(=C/c2cn(-c3ccccc3)nc2-c2cccc(S(=O)(=O)N3CCCC3)c2)SC1=S. The first-order valence-electron chi connectivity index (χ1n) is 11.9. The first-order chi connectivity index (χ1) is 17.4. The van der Waals surface area contributed by atoms with E-state index in [1.165, 1.54) is 16.1 Å². The highest BCUT2D eigenvalue weighted by Crippen LogP contribution is 2.35. The highest BCUT2D eigenvalue weighted by molar-refractivity contribution is 8.26. The number of aromatic nitrogens is 2. The van der Waals surface area contributed by atoms with Crippen LogP contribution in [0.5, 0.6) is 0 Å². The second kappa shape index (κ2) is 10.3. The van der Waals surface area contributed by atoms with Crippen LogP contribution < -0.4 is 0 Å². The monoisotopic (exact) mass is 538 g/mol. The maximum Gasteiger partial charge on any atom is 0.266 e. The second-order valence-corrected chi connectivity index (χ2v) is 12.3. The molecule has 0 N–H and O–H groups in total. The largest absolute Gasteiger partial charge is 0.293 e. The van der Waals surface area contributed by atoms with Crippen LogP contribution in [0.2, 0.25) is 0 Å². The van der Waals surface area contributed by atoms with Gasteiger partial charge in [-0.15, -0.1) is 0 Å². The van der Waals surface area contributed by atoms with Crippen molar-refractivity contribution in [2.75, 3.05) is 19.6 Å². The third kappa shape index (κ3) is 4.78. The zero-order valence-corrected chi connectivity index (χ0v) is 22.3. The molecule has 1 aromatic heterocycles. The maximum absolute atomic E-state index is 13.2. The Morgan fingerprint density at radius 3 is 2.56 bits per heavy atom. The summed E-state index contributed by atoms with van der Waals surface area (Å²) in [6.45, 7) is 3.67. The fourth-order valence-electron chi connectivity index (χ4n) is 4.37. The van der Waals surface area contributed by atoms with Gasteiger partial charge in [0.2, 0.25) is 10.0 Å². The molecule has 0 atom stereocenters. The maximum atomic E-state index is 13.2. The Morgan fingerprint density at radius 2 is 1.83 bits per heavy atom. The number of thioether (sulfide) groups is 1. The van der Waals surface area contributed by atoms with E-state index in [0.29, 0.717) is 45.7 Å². The fraction of sp³-hybridized carbons (Fsp3) is 0.269. The molecule has 0 radical (unpaired) electrons. The van der Waals surface area contributed by atoms with Crippen molar-refractivity contribution < 1.29 is 13.2 Å². The van der Waals surface area contributed by atoms with Crippen molar-refractivity contribution in [2.45, 2.75) is 31.1 Å². The lowest BCUT2D eigenvalue weighted by Crippen LogP contribution is -2.28. The number of nitrogens with zero attached hydrogens (tertiary/aromatic N) is 4. The number of carbonyl (C=O) groups excluding carboxylic acids is 1. The highest BCUT2D eigenvalue weighted by atomic mass is 32.2. The van der Waals surface area contributed by atoms with Gasteiger partial charge in [-0.05, 0) is 49.6 Å². The summed E-state index contributed by atoms with van der Waals surface area (Å²) in [6, 6.07) is 16.5. The molecular weight excluding hydrogens is 513 g/mol. The molecular formula is C26H26N4O3S3. The number of para-hydroxylation sites is 1. The van der Waals surface area contributed by atoms with Crippen LogP contribution in [0.1, 0.15) is 31.7 Å². The van der Waals surface area contributed by atoms with Gasteiger partial charge in [0.05, 0.1) is 15.5 Å². The van der Waals surface area contributed by atoms with Crippen LogP contribution in [-0.4, -0.2) is 57.3 Å². The standard InChI is InChI=1S/C26H26N4O3S3/c1-2-13-29-25(31)23(35-26(29)34)17-20-18-30(21-10-4-3-5-11-21)27-24(20)19-9-8-12-22(16-19)36(32,33)28-14-6-7-15-28/h3-5,8-12,16-18H,2,6-7,13-15H2,1H3/b23-17-. The topological polar surface area (TPSA) is 75.5 Å². The molecule has 2 fully saturated rings. The number of sulfonamides is 1. The number of hydrogen-bond acceptors (Lipinski definition) is 6. The van der Waals surface area contributed by atoms with Crippen LogP contribution in [0, 0.1) is 0 Å². The zero-order chi connectivity index (χ0) is 25.3. The third-order valence-corrected chi connectivity index (χ3v) is 9.45. The van der Waals surface area contributed by atoms with Crippen molar-refractivity contribution in [1.82, 2.24) is 19.0 Å². The minimum Gasteiger partial charge on any atom is -0.293 e. The van der Waals surface area contributed by atoms with Crippen LogP contribution in [0.15, 0.2) is 70.6 Å². The number of amides is 1. The molecule has 7 nitrogen and oxygen atoms in total. The lowest BCUT2D eigenvalue weighted by molar-refractivity contribution is -0.122. The molecule has 0 saturated carbocycles. The summed E-state index contributed by atoms with van der Waals surface area (Å²) in [5.74, 6) is -0.115. The van der Waals surface area contributed by atoms with Gasteiger partial charge in [0.25, 0.3) is 5.91 Å². The van der Waals surface area contributed by atoms with Gasteiger partial charge in [-0.2, -0.15) is 9.40 Å². The molecule has 0 aliphatic carbocycles. The summed E-state index contributed by atoms with van der Waals surface area (Å²) < 4.78 is 30.2. The summed E-state index contributed by atoms with van der Waals surface area (Å²) in [7, 11) is -3.58. The predicted octanol–water partition coefficient (Wildman–Crippen LogP) is 4.94. The van der Waals surface area contributed by atoms with E-state index < -0.39 is 10.0 Å². The molecule has 36 heavy (non-hydrogen) atoms. The first kappa shape index (κ1) is 24.9. The van der Waals surface area contributed by atoms with Crippen molar-refractivity contribution in [3.8, 4) is 16.9 Å². The van der Waals surface area contributed by atoms with Crippen LogP contribution >= 0.6 is 24.0 Å². The summed E-state index contributed by atoms with van der Waals surface area (Å²) in [5, 5.41) is 4.81. The van der Waals surface area contributed by atoms with Crippen LogP contribution in [0.25, 0.3) is 23.0 Å². The Hall–Kier alpha value is -2.79. The van der Waals surface area contributed by atoms with E-state index in [4.69, 9.17) is 17.3 Å². The normalized spacial score (nSPS) is 18.0. The Morgan fingerprint density at radius 1 is 1.08 bits per heavy atom. The molecule has 0 bridgehead atoms. The smallest absolute Gasteiger partial charge is 0.266 e. The van der Waals surface area contributed by atoms with Crippen LogP contribution in [-0.2, 0) is 14.8 Å².